The van der Waals surface area contributed by atoms with Gasteiger partial charge in [0.1, 0.15) is 28.7 Å². The summed E-state index contributed by atoms with van der Waals surface area (Å²) in [6.07, 6.45) is -7.83. The summed E-state index contributed by atoms with van der Waals surface area (Å²) in [7, 11) is -4.65. The fourth-order valence-corrected chi connectivity index (χ4v) is 6.31. The first-order chi connectivity index (χ1) is 19.3. The summed E-state index contributed by atoms with van der Waals surface area (Å²) in [6, 6.07) is 2.52. The Labute approximate surface area is 237 Å². The van der Waals surface area contributed by atoms with Gasteiger partial charge in [0, 0.05) is 12.1 Å². The predicted octanol–water partition coefficient (Wildman–Crippen LogP) is 5.53. The average molecular weight is 627 g/mol. The van der Waals surface area contributed by atoms with Crippen LogP contribution in [-0.2, 0) is 19.6 Å². The topological polar surface area (TPSA) is 120 Å². The number of anilines is 2. The lowest BCUT2D eigenvalue weighted by Crippen LogP contribution is -2.51. The molecule has 1 amide bonds. The second-order valence-electron chi connectivity index (χ2n) is 10.6. The van der Waals surface area contributed by atoms with Gasteiger partial charge >= 0.3 is 18.8 Å². The summed E-state index contributed by atoms with van der Waals surface area (Å²) in [4.78, 5) is 24.0. The van der Waals surface area contributed by atoms with Crippen molar-refractivity contribution in [1.29, 1.82) is 0 Å². The first kappa shape index (κ1) is 31.4. The molecule has 1 N–H and O–H groups in total. The van der Waals surface area contributed by atoms with Gasteiger partial charge in [-0.05, 0) is 58.7 Å². The standard InChI is InChI=1S/C25H28F6N4O6S/c1-12-21(11-34(33-12)22(27)28)42(38,39)35-13(2)19(8-6-18(36)15-10-16(15)26)40-20-7-5-14(9-17(20)35)32-23(37)41-24(3,4)25(29,30)31/h5,7,9,11,13,15-16,19,22H,6,8,10H2,1-4H3,(H,32,37)/t13-,15+,16-,19+/m1/s1. The third-order valence-corrected chi connectivity index (χ3v) is 9.07. The van der Waals surface area contributed by atoms with Crippen LogP contribution in [0, 0.1) is 12.8 Å². The van der Waals surface area contributed by atoms with Crippen LogP contribution in [0.1, 0.15) is 52.3 Å². The van der Waals surface area contributed by atoms with E-state index in [-0.39, 0.29) is 52.5 Å². The monoisotopic (exact) mass is 626 g/mol. The van der Waals surface area contributed by atoms with E-state index < -0.39 is 63.6 Å². The molecule has 0 bridgehead atoms. The highest BCUT2D eigenvalue weighted by Gasteiger charge is 2.51. The first-order valence-corrected chi connectivity index (χ1v) is 14.2. The molecule has 1 aromatic carbocycles. The molecule has 1 aromatic heterocycles. The number of alkyl halides is 6. The number of nitrogens with one attached hydrogen (secondary N) is 1. The van der Waals surface area contributed by atoms with E-state index in [1.54, 1.807) is 0 Å². The lowest BCUT2D eigenvalue weighted by molar-refractivity contribution is -0.242. The van der Waals surface area contributed by atoms with E-state index >= 15 is 0 Å². The molecular formula is C25H28F6N4O6S. The van der Waals surface area contributed by atoms with Gasteiger partial charge in [0.15, 0.2) is 0 Å². The number of carbonyl (C=O) groups excluding carboxylic acids is 2. The molecule has 1 fully saturated rings. The maximum absolute atomic E-state index is 13.9. The van der Waals surface area contributed by atoms with E-state index in [2.05, 4.69) is 15.2 Å². The molecule has 1 aliphatic carbocycles. The number of hydrogen-bond donors (Lipinski definition) is 1. The highest BCUT2D eigenvalue weighted by Crippen LogP contribution is 2.44. The Morgan fingerprint density at radius 1 is 1.24 bits per heavy atom. The SMILES string of the molecule is Cc1nn(C(F)F)cc1S(=O)(=O)N1c2cc(NC(=O)OC(C)(C)C(F)(F)F)ccc2O[C@@H](CCC(=O)[C@H]2C[C@H]2F)[C@H]1C. The van der Waals surface area contributed by atoms with Crippen molar-refractivity contribution in [2.45, 2.75) is 88.5 Å². The summed E-state index contributed by atoms with van der Waals surface area (Å²) in [5, 5.41) is 5.68. The van der Waals surface area contributed by atoms with Crippen LogP contribution < -0.4 is 14.4 Å². The van der Waals surface area contributed by atoms with E-state index in [9.17, 15) is 44.3 Å². The Morgan fingerprint density at radius 2 is 1.88 bits per heavy atom. The number of halogens is 6. The minimum Gasteiger partial charge on any atom is -0.486 e. The van der Waals surface area contributed by atoms with Crippen LogP contribution in [0.15, 0.2) is 29.3 Å². The van der Waals surface area contributed by atoms with Crippen LogP contribution in [0.25, 0.3) is 0 Å². The predicted molar refractivity (Wildman–Crippen MR) is 136 cm³/mol. The van der Waals surface area contributed by atoms with E-state index in [1.165, 1.54) is 26.0 Å². The summed E-state index contributed by atoms with van der Waals surface area (Å²) < 4.78 is 119. The summed E-state index contributed by atoms with van der Waals surface area (Å²) in [5.41, 5.74) is -3.41. The minimum atomic E-state index is -4.88. The molecule has 0 radical (unpaired) electrons. The Bertz CT molecular complexity index is 1480. The molecule has 2 aromatic rings. The van der Waals surface area contributed by atoms with Crippen molar-refractivity contribution in [3.63, 3.8) is 0 Å². The molecule has 0 spiro atoms. The fourth-order valence-electron chi connectivity index (χ4n) is 4.47. The Balaban J connectivity index is 1.69. The average Bonchev–Trinajstić information content (AvgIpc) is 3.45. The maximum Gasteiger partial charge on any atom is 0.427 e. The molecule has 17 heteroatoms. The number of sulfonamides is 1. The van der Waals surface area contributed by atoms with Gasteiger partial charge in [0.25, 0.3) is 10.0 Å². The Hall–Kier alpha value is -3.50. The van der Waals surface area contributed by atoms with E-state index in [1.807, 2.05) is 0 Å². The number of rotatable bonds is 9. The van der Waals surface area contributed by atoms with Crippen LogP contribution in [0.3, 0.4) is 0 Å². The largest absolute Gasteiger partial charge is 0.486 e. The molecular weight excluding hydrogens is 598 g/mol. The molecule has 0 saturated heterocycles. The summed E-state index contributed by atoms with van der Waals surface area (Å²) in [6.45, 7) is 0.816. The van der Waals surface area contributed by atoms with Gasteiger partial charge in [-0.1, -0.05) is 0 Å². The lowest BCUT2D eigenvalue weighted by Gasteiger charge is -2.41. The van der Waals surface area contributed by atoms with Gasteiger partial charge < -0.3 is 9.47 Å². The van der Waals surface area contributed by atoms with Crippen LogP contribution in [0.5, 0.6) is 5.75 Å². The normalized spacial score (nSPS) is 22.4. The third-order valence-electron chi connectivity index (χ3n) is 7.07. The molecule has 0 unspecified atom stereocenters. The van der Waals surface area contributed by atoms with E-state index in [0.717, 1.165) is 10.4 Å². The quantitative estimate of drug-likeness (QED) is 0.364. The molecule has 2 aliphatic rings. The number of amides is 1. The molecule has 232 valence electrons. The third kappa shape index (κ3) is 6.15. The number of aromatic nitrogens is 2. The second kappa shape index (κ2) is 11.0. The zero-order valence-corrected chi connectivity index (χ0v) is 23.6. The molecule has 2 heterocycles. The molecule has 1 aliphatic heterocycles. The smallest absolute Gasteiger partial charge is 0.427 e. The summed E-state index contributed by atoms with van der Waals surface area (Å²) >= 11 is 0. The molecule has 42 heavy (non-hydrogen) atoms. The van der Waals surface area contributed by atoms with Crippen molar-refractivity contribution in [3.8, 4) is 5.75 Å². The summed E-state index contributed by atoms with van der Waals surface area (Å²) in [5.74, 6) is -1.10. The Kier molecular flexibility index (Phi) is 8.21. The van der Waals surface area contributed by atoms with E-state index in [0.29, 0.717) is 20.0 Å². The number of aryl methyl sites for hydroxylation is 1. The maximum atomic E-state index is 13.9. The van der Waals surface area contributed by atoms with Crippen LogP contribution in [0.4, 0.5) is 42.5 Å². The van der Waals surface area contributed by atoms with Crippen molar-refractivity contribution in [2.24, 2.45) is 5.92 Å². The number of ketones is 1. The number of benzene rings is 1. The minimum absolute atomic E-state index is 0.00279. The van der Waals surface area contributed by atoms with Gasteiger partial charge in [0.2, 0.25) is 5.60 Å². The van der Waals surface area contributed by atoms with Crippen molar-refractivity contribution in [3.05, 3.63) is 30.1 Å². The number of Topliss-reactive ketones (excluding diaryl/α,β-unsaturated/α-hetero) is 1. The molecule has 4 rings (SSSR count). The number of hydrogen-bond acceptors (Lipinski definition) is 7. The number of fused-ring (bicyclic) bond motifs is 1. The Morgan fingerprint density at radius 3 is 2.43 bits per heavy atom. The van der Waals surface area contributed by atoms with Gasteiger partial charge in [0.05, 0.1) is 29.5 Å². The number of carbonyl (C=O) groups is 2. The molecule has 4 atom stereocenters. The number of nitrogens with zero attached hydrogens (tertiary/aromatic N) is 3. The second-order valence-corrected chi connectivity index (χ2v) is 12.4. The van der Waals surface area contributed by atoms with Crippen LogP contribution in [-0.4, -0.2) is 60.2 Å². The van der Waals surface area contributed by atoms with E-state index in [4.69, 9.17) is 4.74 Å². The molecule has 1 saturated carbocycles. The van der Waals surface area contributed by atoms with Gasteiger partial charge in [-0.25, -0.2) is 22.3 Å². The van der Waals surface area contributed by atoms with Crippen molar-refractivity contribution >= 4 is 33.3 Å². The highest BCUT2D eigenvalue weighted by atomic mass is 32.2. The lowest BCUT2D eigenvalue weighted by atomic mass is 10.0. The van der Waals surface area contributed by atoms with Gasteiger partial charge in [-0.2, -0.15) is 27.1 Å². The van der Waals surface area contributed by atoms with Crippen molar-refractivity contribution in [2.75, 3.05) is 9.62 Å². The molecule has 10 nitrogen and oxygen atoms in total. The fraction of sp³-hybridized carbons (Fsp3) is 0.560. The van der Waals surface area contributed by atoms with Gasteiger partial charge in [-0.3, -0.25) is 14.4 Å². The number of ether oxygens (including phenoxy) is 2. The van der Waals surface area contributed by atoms with Crippen molar-refractivity contribution in [1.82, 2.24) is 9.78 Å². The highest BCUT2D eigenvalue weighted by molar-refractivity contribution is 7.93. The van der Waals surface area contributed by atoms with Crippen molar-refractivity contribution < 1.29 is 53.8 Å². The first-order valence-electron chi connectivity index (χ1n) is 12.8. The zero-order valence-electron chi connectivity index (χ0n) is 22.8. The van der Waals surface area contributed by atoms with Crippen LogP contribution in [0.2, 0.25) is 0 Å². The van der Waals surface area contributed by atoms with Crippen LogP contribution >= 0.6 is 0 Å². The van der Waals surface area contributed by atoms with Gasteiger partial charge in [-0.15, -0.1) is 0 Å². The zero-order chi connectivity index (χ0) is 31.4.